The fraction of sp³-hybridized carbons (Fsp3) is 0.143. The molecule has 0 atom stereocenters. The number of hydrogen-bond acceptors (Lipinski definition) is 5. The quantitative estimate of drug-likeness (QED) is 0.375. The molecule has 0 saturated carbocycles. The molecule has 1 heterocycles. The number of carbonyl (C=O) groups is 3. The van der Waals surface area contributed by atoms with Gasteiger partial charge < -0.3 is 10.1 Å². The number of aryl methyl sites for hydroxylation is 2. The number of hydrogen-bond donors (Lipinski definition) is 3. The van der Waals surface area contributed by atoms with E-state index in [1.807, 2.05) is 32.0 Å². The lowest BCUT2D eigenvalue weighted by Crippen LogP contribution is -2.51. The second kappa shape index (κ2) is 9.06. The Bertz CT molecular complexity index is 1080. The number of carbonyl (C=O) groups excluding carboxylic acids is 3. The minimum Gasteiger partial charge on any atom is -0.483 e. The van der Waals surface area contributed by atoms with E-state index in [-0.39, 0.29) is 28.9 Å². The largest absolute Gasteiger partial charge is 0.483 e. The highest BCUT2D eigenvalue weighted by molar-refractivity contribution is 7.80. The van der Waals surface area contributed by atoms with E-state index in [2.05, 4.69) is 16.0 Å². The van der Waals surface area contributed by atoms with Crippen molar-refractivity contribution in [1.82, 2.24) is 10.6 Å². The van der Waals surface area contributed by atoms with E-state index >= 15 is 0 Å². The highest BCUT2D eigenvalue weighted by atomic mass is 35.5. The van der Waals surface area contributed by atoms with Crippen molar-refractivity contribution in [3.8, 4) is 5.75 Å². The van der Waals surface area contributed by atoms with Crippen LogP contribution in [0, 0.1) is 13.8 Å². The van der Waals surface area contributed by atoms with Crippen molar-refractivity contribution in [3.63, 3.8) is 0 Å². The number of nitrogens with one attached hydrogen (secondary N) is 3. The van der Waals surface area contributed by atoms with Gasteiger partial charge in [0.1, 0.15) is 11.3 Å². The van der Waals surface area contributed by atoms with Crippen molar-refractivity contribution in [3.05, 3.63) is 63.7 Å². The molecule has 1 saturated heterocycles. The summed E-state index contributed by atoms with van der Waals surface area (Å²) < 4.78 is 5.62. The normalized spacial score (nSPS) is 13.4. The molecule has 9 heteroatoms. The first-order valence-electron chi connectivity index (χ1n) is 8.91. The second-order valence-electron chi connectivity index (χ2n) is 6.63. The van der Waals surface area contributed by atoms with Gasteiger partial charge in [-0.25, -0.2) is 0 Å². The van der Waals surface area contributed by atoms with Gasteiger partial charge in [0.25, 0.3) is 17.7 Å². The fourth-order valence-corrected chi connectivity index (χ4v) is 3.09. The summed E-state index contributed by atoms with van der Waals surface area (Å²) in [4.78, 5) is 36.5. The van der Waals surface area contributed by atoms with Gasteiger partial charge in [-0.2, -0.15) is 0 Å². The average Bonchev–Trinajstić information content (AvgIpc) is 2.67. The summed E-state index contributed by atoms with van der Waals surface area (Å²) in [5.41, 5.74) is 2.87. The Morgan fingerprint density at radius 2 is 1.83 bits per heavy atom. The van der Waals surface area contributed by atoms with Crippen molar-refractivity contribution >= 4 is 58.4 Å². The van der Waals surface area contributed by atoms with E-state index < -0.39 is 11.8 Å². The summed E-state index contributed by atoms with van der Waals surface area (Å²) in [6, 6.07) is 10.4. The monoisotopic (exact) mass is 443 g/mol. The van der Waals surface area contributed by atoms with Crippen molar-refractivity contribution < 1.29 is 19.1 Å². The summed E-state index contributed by atoms with van der Waals surface area (Å²) in [6.07, 6.45) is 1.33. The molecule has 0 spiro atoms. The van der Waals surface area contributed by atoms with E-state index in [4.69, 9.17) is 28.6 Å². The molecule has 0 aliphatic carbocycles. The first-order chi connectivity index (χ1) is 14.2. The van der Waals surface area contributed by atoms with E-state index in [9.17, 15) is 14.4 Å². The molecule has 2 aromatic carbocycles. The summed E-state index contributed by atoms with van der Waals surface area (Å²) >= 11 is 10.8. The molecular formula is C21H18ClN3O4S. The molecular weight excluding hydrogens is 426 g/mol. The lowest BCUT2D eigenvalue weighted by atomic mass is 10.1. The van der Waals surface area contributed by atoms with Crippen LogP contribution in [-0.4, -0.2) is 29.4 Å². The van der Waals surface area contributed by atoms with Crippen LogP contribution in [0.2, 0.25) is 5.02 Å². The predicted molar refractivity (Wildman–Crippen MR) is 118 cm³/mol. The van der Waals surface area contributed by atoms with Crippen LogP contribution < -0.4 is 20.7 Å². The van der Waals surface area contributed by atoms with Crippen LogP contribution in [0.5, 0.6) is 5.75 Å². The SMILES string of the molecule is Cc1ccc(C)c(NC(=O)COc2ccc(Cl)cc2C=C2C(=O)NC(=S)NC2=O)c1. The zero-order valence-corrected chi connectivity index (χ0v) is 17.7. The summed E-state index contributed by atoms with van der Waals surface area (Å²) in [5.74, 6) is -1.34. The van der Waals surface area contributed by atoms with Crippen LogP contribution in [0.3, 0.4) is 0 Å². The van der Waals surface area contributed by atoms with E-state index in [0.29, 0.717) is 16.3 Å². The molecule has 3 N–H and O–H groups in total. The fourth-order valence-electron chi connectivity index (χ4n) is 2.73. The summed E-state index contributed by atoms with van der Waals surface area (Å²) in [6.45, 7) is 3.56. The van der Waals surface area contributed by atoms with Gasteiger partial charge >= 0.3 is 0 Å². The molecule has 1 aliphatic heterocycles. The smallest absolute Gasteiger partial charge is 0.263 e. The Labute approximate surface area is 183 Å². The van der Waals surface area contributed by atoms with Crippen molar-refractivity contribution in [1.29, 1.82) is 0 Å². The summed E-state index contributed by atoms with van der Waals surface area (Å²) in [7, 11) is 0. The van der Waals surface area contributed by atoms with Crippen LogP contribution in [-0.2, 0) is 14.4 Å². The van der Waals surface area contributed by atoms with Crippen molar-refractivity contribution in [2.75, 3.05) is 11.9 Å². The number of rotatable bonds is 5. The van der Waals surface area contributed by atoms with E-state index in [1.165, 1.54) is 12.1 Å². The van der Waals surface area contributed by atoms with Gasteiger partial charge in [0, 0.05) is 16.3 Å². The Kier molecular flexibility index (Phi) is 6.49. The van der Waals surface area contributed by atoms with E-state index in [1.54, 1.807) is 12.1 Å². The molecule has 0 bridgehead atoms. The first-order valence-corrected chi connectivity index (χ1v) is 9.69. The Balaban J connectivity index is 1.77. The van der Waals surface area contributed by atoms with Gasteiger partial charge in [-0.15, -0.1) is 0 Å². The number of halogens is 1. The molecule has 0 aromatic heterocycles. The minimum absolute atomic E-state index is 0.0622. The number of anilines is 1. The van der Waals surface area contributed by atoms with Crippen LogP contribution in [0.4, 0.5) is 5.69 Å². The standard InChI is InChI=1S/C21H18ClN3O4S/c1-11-3-4-12(2)16(7-11)23-18(26)10-29-17-6-5-14(22)8-13(17)9-15-19(27)24-21(30)25-20(15)28/h3-9H,10H2,1-2H3,(H,23,26)(H2,24,25,27,28,30). The Morgan fingerprint density at radius 3 is 2.53 bits per heavy atom. The molecule has 2 aromatic rings. The molecule has 30 heavy (non-hydrogen) atoms. The number of benzene rings is 2. The number of thiocarbonyl (C=S) groups is 1. The molecule has 0 unspecified atom stereocenters. The van der Waals surface area contributed by atoms with E-state index in [0.717, 1.165) is 11.1 Å². The Hall–Kier alpha value is -3.23. The third kappa shape index (κ3) is 5.22. The lowest BCUT2D eigenvalue weighted by molar-refractivity contribution is -0.123. The zero-order chi connectivity index (χ0) is 21.8. The highest BCUT2D eigenvalue weighted by Gasteiger charge is 2.26. The minimum atomic E-state index is -0.637. The Morgan fingerprint density at radius 1 is 1.13 bits per heavy atom. The van der Waals surface area contributed by atoms with Crippen molar-refractivity contribution in [2.45, 2.75) is 13.8 Å². The van der Waals surface area contributed by atoms with Crippen LogP contribution in [0.25, 0.3) is 6.08 Å². The zero-order valence-electron chi connectivity index (χ0n) is 16.2. The van der Waals surface area contributed by atoms with Gasteiger partial charge in [0.05, 0.1) is 0 Å². The molecule has 7 nitrogen and oxygen atoms in total. The molecule has 3 rings (SSSR count). The van der Waals surface area contributed by atoms with Crippen LogP contribution in [0.1, 0.15) is 16.7 Å². The lowest BCUT2D eigenvalue weighted by Gasteiger charge is -2.17. The predicted octanol–water partition coefficient (Wildman–Crippen LogP) is 2.89. The third-order valence-electron chi connectivity index (χ3n) is 4.24. The first kappa shape index (κ1) is 21.5. The van der Waals surface area contributed by atoms with Crippen LogP contribution in [0.15, 0.2) is 42.0 Å². The maximum atomic E-state index is 12.3. The topological polar surface area (TPSA) is 96.5 Å². The molecule has 0 radical (unpaired) electrons. The highest BCUT2D eigenvalue weighted by Crippen LogP contribution is 2.26. The molecule has 3 amide bonds. The maximum Gasteiger partial charge on any atom is 0.263 e. The molecule has 1 aliphatic rings. The van der Waals surface area contributed by atoms with Gasteiger partial charge in [-0.3, -0.25) is 25.0 Å². The maximum absolute atomic E-state index is 12.3. The molecule has 154 valence electrons. The van der Waals surface area contributed by atoms with Gasteiger partial charge in [0.15, 0.2) is 11.7 Å². The average molecular weight is 444 g/mol. The van der Waals surface area contributed by atoms with Gasteiger partial charge in [0.2, 0.25) is 0 Å². The number of amides is 3. The third-order valence-corrected chi connectivity index (χ3v) is 4.68. The number of ether oxygens (including phenoxy) is 1. The summed E-state index contributed by atoms with van der Waals surface area (Å²) in [5, 5.41) is 7.83. The van der Waals surface area contributed by atoms with Crippen molar-refractivity contribution in [2.24, 2.45) is 0 Å². The van der Waals surface area contributed by atoms with Gasteiger partial charge in [-0.1, -0.05) is 23.7 Å². The van der Waals surface area contributed by atoms with Crippen LogP contribution >= 0.6 is 23.8 Å². The molecule has 1 fully saturated rings. The second-order valence-corrected chi connectivity index (χ2v) is 7.48. The van der Waals surface area contributed by atoms with Gasteiger partial charge in [-0.05, 0) is 67.5 Å².